The molecule has 1 heterocycles. The van der Waals surface area contributed by atoms with E-state index in [1.807, 2.05) is 6.07 Å². The lowest BCUT2D eigenvalue weighted by Crippen LogP contribution is -2.22. The average molecular weight is 389 g/mol. The predicted molar refractivity (Wildman–Crippen MR) is 108 cm³/mol. The van der Waals surface area contributed by atoms with Crippen LogP contribution in [0.2, 0.25) is 5.02 Å². The van der Waals surface area contributed by atoms with E-state index in [1.165, 1.54) is 5.56 Å². The van der Waals surface area contributed by atoms with E-state index in [1.54, 1.807) is 26.4 Å². The molecule has 0 saturated carbocycles. The van der Waals surface area contributed by atoms with E-state index in [4.69, 9.17) is 21.1 Å². The number of rotatable bonds is 7. The van der Waals surface area contributed by atoms with Gasteiger partial charge in [-0.25, -0.2) is 0 Å². The lowest BCUT2D eigenvalue weighted by atomic mass is 10.0. The van der Waals surface area contributed by atoms with E-state index in [0.717, 1.165) is 26.1 Å². The van der Waals surface area contributed by atoms with Crippen molar-refractivity contribution in [2.75, 3.05) is 32.6 Å². The molecule has 2 aromatic carbocycles. The molecule has 3 rings (SSSR count). The Kier molecular flexibility index (Phi) is 6.58. The second-order valence-corrected chi connectivity index (χ2v) is 7.22. The Morgan fingerprint density at radius 2 is 1.93 bits per heavy atom. The highest BCUT2D eigenvalue weighted by Gasteiger charge is 2.25. The number of benzene rings is 2. The quantitative estimate of drug-likeness (QED) is 0.772. The summed E-state index contributed by atoms with van der Waals surface area (Å²) in [6.07, 6.45) is 1.51. The van der Waals surface area contributed by atoms with Gasteiger partial charge in [0.25, 0.3) is 0 Å². The highest BCUT2D eigenvalue weighted by Crippen LogP contribution is 2.36. The summed E-state index contributed by atoms with van der Waals surface area (Å²) in [4.78, 5) is 14.9. The zero-order chi connectivity index (χ0) is 19.2. The van der Waals surface area contributed by atoms with Crippen LogP contribution in [0.5, 0.6) is 11.5 Å². The molecular formula is C21H25ClN2O3. The third-order valence-electron chi connectivity index (χ3n) is 4.84. The summed E-state index contributed by atoms with van der Waals surface area (Å²) in [5.74, 6) is 1.37. The Bertz CT molecular complexity index is 782. The van der Waals surface area contributed by atoms with Crippen LogP contribution in [0.1, 0.15) is 18.4 Å². The number of carbonyl (C=O) groups is 1. The molecule has 27 heavy (non-hydrogen) atoms. The number of amides is 1. The monoisotopic (exact) mass is 388 g/mol. The summed E-state index contributed by atoms with van der Waals surface area (Å²) >= 11 is 6.17. The first kappa shape index (κ1) is 19.5. The van der Waals surface area contributed by atoms with Crippen molar-refractivity contribution in [1.82, 2.24) is 4.90 Å². The van der Waals surface area contributed by atoms with Crippen LogP contribution in [0.3, 0.4) is 0 Å². The van der Waals surface area contributed by atoms with Crippen LogP contribution >= 0.6 is 11.6 Å². The molecule has 2 aromatic rings. The Morgan fingerprint density at radius 1 is 1.19 bits per heavy atom. The fourth-order valence-electron chi connectivity index (χ4n) is 3.49. The van der Waals surface area contributed by atoms with Crippen molar-refractivity contribution < 1.29 is 14.3 Å². The van der Waals surface area contributed by atoms with Gasteiger partial charge in [-0.05, 0) is 30.5 Å². The van der Waals surface area contributed by atoms with E-state index in [-0.39, 0.29) is 5.91 Å². The topological polar surface area (TPSA) is 50.8 Å². The van der Waals surface area contributed by atoms with Gasteiger partial charge in [0.05, 0.1) is 24.9 Å². The molecule has 1 fully saturated rings. The van der Waals surface area contributed by atoms with Gasteiger partial charge >= 0.3 is 0 Å². The van der Waals surface area contributed by atoms with Gasteiger partial charge in [0.1, 0.15) is 11.5 Å². The number of nitrogens with one attached hydrogen (secondary N) is 1. The van der Waals surface area contributed by atoms with Crippen LogP contribution in [-0.4, -0.2) is 38.1 Å². The normalized spacial score (nSPS) is 16.9. The van der Waals surface area contributed by atoms with Gasteiger partial charge < -0.3 is 14.8 Å². The first-order chi connectivity index (χ1) is 13.1. The van der Waals surface area contributed by atoms with Crippen LogP contribution < -0.4 is 14.8 Å². The number of likely N-dealkylation sites (tertiary alicyclic amines) is 1. The summed E-state index contributed by atoms with van der Waals surface area (Å²) in [6.45, 7) is 2.88. The van der Waals surface area contributed by atoms with E-state index in [9.17, 15) is 4.79 Å². The molecule has 0 radical (unpaired) electrons. The van der Waals surface area contributed by atoms with Crippen LogP contribution in [0, 0.1) is 5.92 Å². The maximum Gasteiger partial charge on any atom is 0.224 e. The Morgan fingerprint density at radius 3 is 2.63 bits per heavy atom. The van der Waals surface area contributed by atoms with Gasteiger partial charge in [0.15, 0.2) is 0 Å². The van der Waals surface area contributed by atoms with Crippen molar-refractivity contribution in [3.05, 3.63) is 53.1 Å². The molecule has 0 aromatic heterocycles. The minimum absolute atomic E-state index is 0.0268. The number of hydrogen-bond donors (Lipinski definition) is 1. The molecule has 0 aliphatic carbocycles. The number of nitrogens with zero attached hydrogens (tertiary/aromatic N) is 1. The van der Waals surface area contributed by atoms with Crippen LogP contribution in [0.25, 0.3) is 0 Å². The minimum Gasteiger partial charge on any atom is -0.495 e. The molecular weight excluding hydrogens is 364 g/mol. The van der Waals surface area contributed by atoms with Crippen LogP contribution in [0.15, 0.2) is 42.5 Å². The third kappa shape index (κ3) is 5.15. The van der Waals surface area contributed by atoms with Crippen molar-refractivity contribution in [1.29, 1.82) is 0 Å². The second-order valence-electron chi connectivity index (χ2n) is 6.81. The Labute approximate surface area is 165 Å². The lowest BCUT2D eigenvalue weighted by Gasteiger charge is -2.16. The summed E-state index contributed by atoms with van der Waals surface area (Å²) in [5, 5.41) is 3.36. The Hall–Kier alpha value is -2.24. The lowest BCUT2D eigenvalue weighted by molar-refractivity contribution is -0.117. The molecule has 1 saturated heterocycles. The summed E-state index contributed by atoms with van der Waals surface area (Å²) in [7, 11) is 3.09. The third-order valence-corrected chi connectivity index (χ3v) is 5.14. The first-order valence-corrected chi connectivity index (χ1v) is 9.44. The van der Waals surface area contributed by atoms with Crippen LogP contribution in [-0.2, 0) is 11.3 Å². The molecule has 0 spiro atoms. The number of anilines is 1. The molecule has 144 valence electrons. The largest absolute Gasteiger partial charge is 0.495 e. The van der Waals surface area contributed by atoms with E-state index in [0.29, 0.717) is 34.5 Å². The molecule has 1 N–H and O–H groups in total. The van der Waals surface area contributed by atoms with E-state index < -0.39 is 0 Å². The zero-order valence-electron chi connectivity index (χ0n) is 15.7. The summed E-state index contributed by atoms with van der Waals surface area (Å²) in [5.41, 5.74) is 1.87. The molecule has 6 heteroatoms. The first-order valence-electron chi connectivity index (χ1n) is 9.06. The van der Waals surface area contributed by atoms with Crippen molar-refractivity contribution >= 4 is 23.2 Å². The maximum atomic E-state index is 12.5. The van der Waals surface area contributed by atoms with E-state index in [2.05, 4.69) is 34.5 Å². The smallest absolute Gasteiger partial charge is 0.224 e. The fraction of sp³-hybridized carbons (Fsp3) is 0.381. The van der Waals surface area contributed by atoms with Gasteiger partial charge in [-0.15, -0.1) is 0 Å². The van der Waals surface area contributed by atoms with E-state index >= 15 is 0 Å². The van der Waals surface area contributed by atoms with Gasteiger partial charge in [0, 0.05) is 25.6 Å². The number of methoxy groups -OCH3 is 2. The number of carbonyl (C=O) groups excluding carboxylic acids is 1. The van der Waals surface area contributed by atoms with Crippen molar-refractivity contribution in [3.63, 3.8) is 0 Å². The number of hydrogen-bond acceptors (Lipinski definition) is 4. The molecule has 1 aliphatic rings. The van der Waals surface area contributed by atoms with Crippen molar-refractivity contribution in [2.45, 2.75) is 19.4 Å². The fourth-order valence-corrected chi connectivity index (χ4v) is 3.73. The maximum absolute atomic E-state index is 12.5. The van der Waals surface area contributed by atoms with Gasteiger partial charge in [-0.2, -0.15) is 0 Å². The average Bonchev–Trinajstić information content (AvgIpc) is 3.09. The molecule has 1 atom stereocenters. The van der Waals surface area contributed by atoms with Gasteiger partial charge in [-0.1, -0.05) is 41.9 Å². The van der Waals surface area contributed by atoms with Crippen molar-refractivity contribution in [2.24, 2.45) is 5.92 Å². The number of ether oxygens (including phenoxy) is 2. The van der Waals surface area contributed by atoms with Crippen molar-refractivity contribution in [3.8, 4) is 11.5 Å². The molecule has 0 bridgehead atoms. The summed E-state index contributed by atoms with van der Waals surface area (Å²) < 4.78 is 10.5. The molecule has 1 unspecified atom stereocenters. The predicted octanol–water partition coefficient (Wildman–Crippen LogP) is 4.21. The number of halogens is 1. The molecule has 5 nitrogen and oxygen atoms in total. The van der Waals surface area contributed by atoms with Gasteiger partial charge in [-0.3, -0.25) is 9.69 Å². The summed E-state index contributed by atoms with van der Waals surface area (Å²) in [6, 6.07) is 13.8. The molecule has 1 aliphatic heterocycles. The second kappa shape index (κ2) is 9.11. The highest BCUT2D eigenvalue weighted by molar-refractivity contribution is 6.32. The minimum atomic E-state index is -0.0268. The molecule has 1 amide bonds. The van der Waals surface area contributed by atoms with Gasteiger partial charge in [0.2, 0.25) is 5.91 Å². The highest BCUT2D eigenvalue weighted by atomic mass is 35.5. The Balaban J connectivity index is 1.55. The van der Waals surface area contributed by atoms with Crippen LogP contribution in [0.4, 0.5) is 5.69 Å². The zero-order valence-corrected chi connectivity index (χ0v) is 16.5. The standard InChI is InChI=1S/C21H25ClN2O3/c1-26-19-12-20(27-2)18(11-17(19)22)23-21(25)10-16-8-9-24(14-16)13-15-6-4-3-5-7-15/h3-7,11-12,16H,8-10,13-14H2,1-2H3,(H,23,25). The SMILES string of the molecule is COc1cc(OC)c(NC(=O)CC2CCN(Cc3ccccc3)C2)cc1Cl.